The van der Waals surface area contributed by atoms with Crippen LogP contribution in [0.4, 0.5) is 4.79 Å². The minimum absolute atomic E-state index is 0.000475. The van der Waals surface area contributed by atoms with Gasteiger partial charge >= 0.3 is 22.5 Å². The maximum absolute atomic E-state index is 12.6. The molecule has 1 amide bonds. The van der Waals surface area contributed by atoms with E-state index >= 15 is 0 Å². The van der Waals surface area contributed by atoms with E-state index in [-0.39, 0.29) is 25.5 Å². The Morgan fingerprint density at radius 2 is 1.60 bits per heavy atom. The number of fused-ring (bicyclic) bond motifs is 3. The summed E-state index contributed by atoms with van der Waals surface area (Å²) >= 11 is 0. The van der Waals surface area contributed by atoms with Crippen molar-refractivity contribution in [3.8, 4) is 11.1 Å². The molecule has 2 atom stereocenters. The van der Waals surface area contributed by atoms with E-state index in [1.165, 1.54) is 0 Å². The van der Waals surface area contributed by atoms with Crippen LogP contribution < -0.4 is 0 Å². The predicted octanol–water partition coefficient (Wildman–Crippen LogP) is 2.28. The largest absolute Gasteiger partial charge is 0.480 e. The fourth-order valence-corrected chi connectivity index (χ4v) is 4.64. The van der Waals surface area contributed by atoms with Crippen molar-refractivity contribution in [2.24, 2.45) is 0 Å². The van der Waals surface area contributed by atoms with Gasteiger partial charge in [-0.1, -0.05) is 48.5 Å². The summed E-state index contributed by atoms with van der Waals surface area (Å²) in [4.78, 5) is 25.0. The van der Waals surface area contributed by atoms with Crippen LogP contribution in [-0.2, 0) is 24.1 Å². The van der Waals surface area contributed by atoms with Gasteiger partial charge in [-0.2, -0.15) is 8.42 Å². The molecule has 9 nitrogen and oxygen atoms in total. The Labute approximate surface area is 172 Å². The Morgan fingerprint density at radius 1 is 1.03 bits per heavy atom. The maximum Gasteiger partial charge on any atom is 0.410 e. The van der Waals surface area contributed by atoms with Crippen LogP contribution in [0.1, 0.15) is 23.5 Å². The van der Waals surface area contributed by atoms with Crippen molar-refractivity contribution in [1.29, 1.82) is 0 Å². The monoisotopic (exact) mass is 433 g/mol. The van der Waals surface area contributed by atoms with E-state index < -0.39 is 34.6 Å². The third-order valence-corrected chi connectivity index (χ3v) is 5.89. The number of rotatable bonds is 5. The number of carboxylic acid groups (broad SMARTS) is 1. The Balaban J connectivity index is 1.50. The first-order chi connectivity index (χ1) is 14.2. The number of nitrogens with zero attached hydrogens (tertiary/aromatic N) is 1. The molecule has 0 saturated carbocycles. The highest BCUT2D eigenvalue weighted by atomic mass is 32.3. The lowest BCUT2D eigenvalue weighted by atomic mass is 9.98. The van der Waals surface area contributed by atoms with Crippen LogP contribution in [0.3, 0.4) is 0 Å². The SMILES string of the molecule is O=C(O)[C@@H]1C[C@@H](OS(=O)(=O)O)CN1C(=O)OCC1c2ccccc2-c2ccccc21. The summed E-state index contributed by atoms with van der Waals surface area (Å²) in [7, 11) is -4.77. The quantitative estimate of drug-likeness (QED) is 0.687. The number of hydrogen-bond donors (Lipinski definition) is 2. The zero-order valence-electron chi connectivity index (χ0n) is 15.7. The molecule has 4 rings (SSSR count). The average Bonchev–Trinajstić information content (AvgIpc) is 3.24. The molecule has 0 aromatic heterocycles. The summed E-state index contributed by atoms with van der Waals surface area (Å²) in [6.07, 6.45) is -2.33. The van der Waals surface area contributed by atoms with E-state index in [9.17, 15) is 23.1 Å². The molecule has 30 heavy (non-hydrogen) atoms. The Hall–Kier alpha value is -2.95. The minimum atomic E-state index is -4.77. The summed E-state index contributed by atoms with van der Waals surface area (Å²) < 4.78 is 40.6. The third kappa shape index (κ3) is 3.89. The van der Waals surface area contributed by atoms with Gasteiger partial charge in [0, 0.05) is 12.3 Å². The number of aliphatic carboxylic acids is 1. The highest BCUT2D eigenvalue weighted by molar-refractivity contribution is 7.80. The molecule has 2 aromatic rings. The molecule has 1 saturated heterocycles. The van der Waals surface area contributed by atoms with E-state index in [0.717, 1.165) is 27.2 Å². The van der Waals surface area contributed by atoms with Gasteiger partial charge in [0.25, 0.3) is 0 Å². The summed E-state index contributed by atoms with van der Waals surface area (Å²) in [6, 6.07) is 14.3. The zero-order chi connectivity index (χ0) is 21.5. The number of hydrogen-bond acceptors (Lipinski definition) is 6. The van der Waals surface area contributed by atoms with Crippen molar-refractivity contribution < 1.29 is 36.6 Å². The molecule has 0 spiro atoms. The lowest BCUT2D eigenvalue weighted by Gasteiger charge is -2.22. The number of carbonyl (C=O) groups is 2. The smallest absolute Gasteiger partial charge is 0.410 e. The zero-order valence-corrected chi connectivity index (χ0v) is 16.5. The Kier molecular flexibility index (Phi) is 5.22. The second-order valence-corrected chi connectivity index (χ2v) is 8.24. The number of benzene rings is 2. The Morgan fingerprint density at radius 3 is 2.13 bits per heavy atom. The molecule has 1 heterocycles. The molecule has 1 aliphatic heterocycles. The van der Waals surface area contributed by atoms with Crippen LogP contribution in [0.2, 0.25) is 0 Å². The minimum Gasteiger partial charge on any atom is -0.480 e. The second-order valence-electron chi connectivity index (χ2n) is 7.19. The van der Waals surface area contributed by atoms with Gasteiger partial charge in [-0.15, -0.1) is 0 Å². The van der Waals surface area contributed by atoms with E-state index in [1.54, 1.807) is 0 Å². The van der Waals surface area contributed by atoms with Gasteiger partial charge in [-0.05, 0) is 22.3 Å². The predicted molar refractivity (Wildman–Crippen MR) is 104 cm³/mol. The molecule has 158 valence electrons. The Bertz CT molecular complexity index is 1050. The number of likely N-dealkylation sites (tertiary alicyclic amines) is 1. The van der Waals surface area contributed by atoms with Crippen LogP contribution >= 0.6 is 0 Å². The van der Waals surface area contributed by atoms with Crippen LogP contribution in [-0.4, -0.2) is 60.3 Å². The van der Waals surface area contributed by atoms with Gasteiger partial charge < -0.3 is 9.84 Å². The van der Waals surface area contributed by atoms with Crippen molar-refractivity contribution >= 4 is 22.5 Å². The molecular formula is C20H19NO8S. The van der Waals surface area contributed by atoms with Crippen molar-refractivity contribution in [2.75, 3.05) is 13.2 Å². The molecule has 2 aliphatic rings. The van der Waals surface area contributed by atoms with Gasteiger partial charge in [-0.3, -0.25) is 9.45 Å². The molecular weight excluding hydrogens is 414 g/mol. The first-order valence-corrected chi connectivity index (χ1v) is 10.6. The summed E-state index contributed by atoms with van der Waals surface area (Å²) in [6.45, 7) is -0.326. The molecule has 0 bridgehead atoms. The first kappa shape index (κ1) is 20.3. The topological polar surface area (TPSA) is 130 Å². The number of amides is 1. The molecule has 1 fully saturated rings. The fraction of sp³-hybridized carbons (Fsp3) is 0.300. The van der Waals surface area contributed by atoms with Gasteiger partial charge in [0.05, 0.1) is 12.6 Å². The summed E-state index contributed by atoms with van der Waals surface area (Å²) in [5.74, 6) is -1.51. The van der Waals surface area contributed by atoms with Crippen molar-refractivity contribution in [1.82, 2.24) is 4.90 Å². The molecule has 10 heteroatoms. The highest BCUT2D eigenvalue weighted by Gasteiger charge is 2.43. The van der Waals surface area contributed by atoms with E-state index in [4.69, 9.17) is 9.29 Å². The molecule has 2 aromatic carbocycles. The number of carbonyl (C=O) groups excluding carboxylic acids is 1. The van der Waals surface area contributed by atoms with Gasteiger partial charge in [-0.25, -0.2) is 13.8 Å². The van der Waals surface area contributed by atoms with Gasteiger partial charge in [0.15, 0.2) is 0 Å². The maximum atomic E-state index is 12.6. The average molecular weight is 433 g/mol. The third-order valence-electron chi connectivity index (χ3n) is 5.38. The fourth-order valence-electron chi connectivity index (χ4n) is 4.15. The van der Waals surface area contributed by atoms with Crippen molar-refractivity contribution in [3.63, 3.8) is 0 Å². The lowest BCUT2D eigenvalue weighted by molar-refractivity contribution is -0.141. The van der Waals surface area contributed by atoms with Crippen LogP contribution in [0.15, 0.2) is 48.5 Å². The summed E-state index contributed by atoms with van der Waals surface area (Å²) in [5, 5.41) is 9.37. The van der Waals surface area contributed by atoms with E-state index in [1.807, 2.05) is 48.5 Å². The highest BCUT2D eigenvalue weighted by Crippen LogP contribution is 2.44. The standard InChI is InChI=1S/C20H19NO8S/c22-19(23)18-9-12(29-30(25,26)27)10-21(18)20(24)28-11-17-15-7-3-1-5-13(15)14-6-2-4-8-16(14)17/h1-8,12,17-18H,9-11H2,(H,22,23)(H,25,26,27)/t12-,18+/m1/s1. The second kappa shape index (κ2) is 7.71. The van der Waals surface area contributed by atoms with Crippen LogP contribution in [0.25, 0.3) is 11.1 Å². The normalized spacial score (nSPS) is 20.6. The van der Waals surface area contributed by atoms with Crippen LogP contribution in [0.5, 0.6) is 0 Å². The molecule has 1 aliphatic carbocycles. The van der Waals surface area contributed by atoms with E-state index in [0.29, 0.717) is 0 Å². The molecule has 0 radical (unpaired) electrons. The van der Waals surface area contributed by atoms with Gasteiger partial charge in [0.1, 0.15) is 12.6 Å². The van der Waals surface area contributed by atoms with E-state index in [2.05, 4.69) is 4.18 Å². The number of ether oxygens (including phenoxy) is 1. The number of carboxylic acids is 1. The summed E-state index contributed by atoms with van der Waals surface area (Å²) in [5.41, 5.74) is 4.13. The lowest BCUT2D eigenvalue weighted by Crippen LogP contribution is -2.41. The first-order valence-electron chi connectivity index (χ1n) is 9.24. The van der Waals surface area contributed by atoms with Crippen molar-refractivity contribution in [2.45, 2.75) is 24.5 Å². The van der Waals surface area contributed by atoms with Gasteiger partial charge in [0.2, 0.25) is 0 Å². The molecule has 0 unspecified atom stereocenters. The van der Waals surface area contributed by atoms with Crippen LogP contribution in [0, 0.1) is 0 Å². The van der Waals surface area contributed by atoms with Crippen molar-refractivity contribution in [3.05, 3.63) is 59.7 Å². The molecule has 2 N–H and O–H groups in total.